The van der Waals surface area contributed by atoms with Crippen molar-refractivity contribution in [2.75, 3.05) is 5.33 Å². The van der Waals surface area contributed by atoms with Gasteiger partial charge in [0.25, 0.3) is 5.70 Å². The monoisotopic (exact) mass is 170 g/mol. The molecule has 0 spiro atoms. The number of allylic oxidation sites excluding steroid dienone is 2. The Morgan fingerprint density at radius 3 is 2.75 bits per heavy atom. The Balaban J connectivity index is 3.99. The molecular weight excluding hydrogens is 168 g/mol. The molecule has 0 amide bonds. The third-order valence-electron chi connectivity index (χ3n) is 0.506. The Morgan fingerprint density at radius 2 is 2.62 bits per heavy atom. The first-order valence-corrected chi connectivity index (χ1v) is 3.01. The molecule has 0 aromatic rings. The normalized spacial score (nSPS) is 9.62. The first-order valence-electron chi connectivity index (χ1n) is 1.89. The van der Waals surface area contributed by atoms with E-state index >= 15 is 0 Å². The predicted molar refractivity (Wildman–Crippen MR) is 34.1 cm³/mol. The van der Waals surface area contributed by atoms with Gasteiger partial charge in [0, 0.05) is 5.33 Å². The average Bonchev–Trinajstić information content (AvgIpc) is 1.83. The van der Waals surface area contributed by atoms with Crippen molar-refractivity contribution in [3.05, 3.63) is 23.2 Å². The van der Waals surface area contributed by atoms with Crippen LogP contribution in [-0.2, 0) is 0 Å². The van der Waals surface area contributed by atoms with E-state index < -0.39 is 0 Å². The number of halogens is 1. The zero-order chi connectivity index (χ0) is 6.41. The van der Waals surface area contributed by atoms with Crippen LogP contribution < -0.4 is 0 Å². The van der Waals surface area contributed by atoms with Gasteiger partial charge in [0.2, 0.25) is 0 Å². The van der Waals surface area contributed by atoms with Crippen molar-refractivity contribution in [2.24, 2.45) is 0 Å². The highest BCUT2D eigenvalue weighted by molar-refractivity contribution is 9.09. The zero-order valence-electron chi connectivity index (χ0n) is 4.06. The molecule has 0 fully saturated rings. The van der Waals surface area contributed by atoms with Gasteiger partial charge in [0.05, 0.1) is 12.6 Å². The van der Waals surface area contributed by atoms with Crippen LogP contribution in [0.2, 0.25) is 0 Å². The molecule has 0 bridgehead atoms. The highest BCUT2D eigenvalue weighted by Gasteiger charge is 1.85. The fourth-order valence-electron chi connectivity index (χ4n) is 0.189. The first-order chi connectivity index (χ1) is 3.85. The highest BCUT2D eigenvalue weighted by Crippen LogP contribution is 1.94. The lowest BCUT2D eigenvalue weighted by atomic mass is 10.5. The number of hydrogen-bond acceptors (Lipinski definition) is 1. The molecule has 0 aromatic heterocycles. The van der Waals surface area contributed by atoms with Gasteiger partial charge < -0.3 is 0 Å². The van der Waals surface area contributed by atoms with Crippen LogP contribution in [0.3, 0.4) is 0 Å². The minimum absolute atomic E-state index is 0.141. The Kier molecular flexibility index (Phi) is 3.93. The van der Waals surface area contributed by atoms with Gasteiger partial charge in [-0.2, -0.15) is 0 Å². The topological polar surface area (TPSA) is 28.1 Å². The van der Waals surface area contributed by atoms with Gasteiger partial charge in [-0.3, -0.25) is 0 Å². The molecular formula is C5H3BrN2. The summed E-state index contributed by atoms with van der Waals surface area (Å²) in [7, 11) is 0. The summed E-state index contributed by atoms with van der Waals surface area (Å²) in [5.74, 6) is 0. The molecule has 8 heavy (non-hydrogen) atoms. The summed E-state index contributed by atoms with van der Waals surface area (Å²) < 4.78 is 0. The summed E-state index contributed by atoms with van der Waals surface area (Å²) >= 11 is 3.06. The van der Waals surface area contributed by atoms with Crippen LogP contribution in [0.4, 0.5) is 0 Å². The van der Waals surface area contributed by atoms with Crippen molar-refractivity contribution in [3.8, 4) is 6.07 Å². The Morgan fingerprint density at radius 1 is 2.00 bits per heavy atom. The smallest absolute Gasteiger partial charge is 0.227 e. The average molecular weight is 171 g/mol. The number of nitriles is 1. The van der Waals surface area contributed by atoms with Crippen molar-refractivity contribution in [3.63, 3.8) is 0 Å². The van der Waals surface area contributed by atoms with Crippen molar-refractivity contribution >= 4 is 15.9 Å². The van der Waals surface area contributed by atoms with Crippen LogP contribution >= 0.6 is 15.9 Å². The minimum atomic E-state index is 0.141. The number of nitrogens with zero attached hydrogens (tertiary/aromatic N) is 2. The molecule has 2 nitrogen and oxygen atoms in total. The summed E-state index contributed by atoms with van der Waals surface area (Å²) in [4.78, 5) is 2.92. The van der Waals surface area contributed by atoms with Gasteiger partial charge in [-0.1, -0.05) is 22.0 Å². The fourth-order valence-corrected chi connectivity index (χ4v) is 0.496. The molecule has 0 saturated carbocycles. The second kappa shape index (κ2) is 4.36. The third-order valence-corrected chi connectivity index (χ3v) is 0.829. The van der Waals surface area contributed by atoms with Gasteiger partial charge in [0.1, 0.15) is 0 Å². The number of rotatable bonds is 1. The SMILES string of the molecule is [C-]#[N+]C(C#N)=CCBr. The summed E-state index contributed by atoms with van der Waals surface area (Å²) in [6.07, 6.45) is 1.52. The van der Waals surface area contributed by atoms with Crippen molar-refractivity contribution < 1.29 is 0 Å². The molecule has 0 saturated heterocycles. The summed E-state index contributed by atoms with van der Waals surface area (Å²) in [6.45, 7) is 6.38. The Labute approximate surface area is 56.4 Å². The predicted octanol–water partition coefficient (Wildman–Crippen LogP) is 1.71. The van der Waals surface area contributed by atoms with Crippen LogP contribution in [0, 0.1) is 17.9 Å². The second-order valence-corrected chi connectivity index (χ2v) is 1.61. The zero-order valence-corrected chi connectivity index (χ0v) is 5.64. The minimum Gasteiger partial charge on any atom is -0.227 e. The van der Waals surface area contributed by atoms with Crippen LogP contribution in [0.1, 0.15) is 0 Å². The van der Waals surface area contributed by atoms with Gasteiger partial charge in [-0.05, 0) is 0 Å². The van der Waals surface area contributed by atoms with E-state index in [9.17, 15) is 0 Å². The van der Waals surface area contributed by atoms with E-state index in [4.69, 9.17) is 11.8 Å². The van der Waals surface area contributed by atoms with Gasteiger partial charge in [-0.15, -0.1) is 0 Å². The van der Waals surface area contributed by atoms with Crippen LogP contribution in [0.5, 0.6) is 0 Å². The highest BCUT2D eigenvalue weighted by atomic mass is 79.9. The van der Waals surface area contributed by atoms with E-state index in [0.717, 1.165) is 0 Å². The van der Waals surface area contributed by atoms with E-state index in [1.807, 2.05) is 0 Å². The second-order valence-electron chi connectivity index (χ2n) is 0.967. The van der Waals surface area contributed by atoms with Gasteiger partial charge in [0.15, 0.2) is 0 Å². The van der Waals surface area contributed by atoms with Crippen molar-refractivity contribution in [1.29, 1.82) is 5.26 Å². The Hall–Kier alpha value is -0.800. The molecule has 0 N–H and O–H groups in total. The maximum Gasteiger partial charge on any atom is 0.258 e. The van der Waals surface area contributed by atoms with Crippen molar-refractivity contribution in [1.82, 2.24) is 0 Å². The van der Waals surface area contributed by atoms with E-state index in [2.05, 4.69) is 20.8 Å². The van der Waals surface area contributed by atoms with Crippen LogP contribution in [0.15, 0.2) is 11.8 Å². The van der Waals surface area contributed by atoms with Gasteiger partial charge in [-0.25, -0.2) is 10.1 Å². The largest absolute Gasteiger partial charge is 0.258 e. The number of hydrogen-bond donors (Lipinski definition) is 0. The molecule has 0 heterocycles. The molecule has 0 rings (SSSR count). The summed E-state index contributed by atoms with van der Waals surface area (Å²) in [6, 6.07) is 1.73. The maximum atomic E-state index is 8.10. The third kappa shape index (κ3) is 2.39. The summed E-state index contributed by atoms with van der Waals surface area (Å²) in [5.41, 5.74) is 0.141. The van der Waals surface area contributed by atoms with E-state index in [0.29, 0.717) is 5.33 Å². The lowest BCUT2D eigenvalue weighted by Crippen LogP contribution is -1.66. The molecule has 0 atom stereocenters. The molecule has 0 aliphatic rings. The van der Waals surface area contributed by atoms with E-state index in [1.165, 1.54) is 6.08 Å². The number of alkyl halides is 1. The maximum absolute atomic E-state index is 8.10. The molecule has 0 aliphatic carbocycles. The van der Waals surface area contributed by atoms with Crippen LogP contribution in [-0.4, -0.2) is 5.33 Å². The first kappa shape index (κ1) is 7.20. The molecule has 0 unspecified atom stereocenters. The van der Waals surface area contributed by atoms with Crippen molar-refractivity contribution in [2.45, 2.75) is 0 Å². The van der Waals surface area contributed by atoms with E-state index in [1.54, 1.807) is 6.07 Å². The molecule has 0 aliphatic heterocycles. The molecule has 40 valence electrons. The lowest BCUT2D eigenvalue weighted by Gasteiger charge is -1.74. The molecule has 3 heteroatoms. The van der Waals surface area contributed by atoms with Crippen LogP contribution in [0.25, 0.3) is 4.85 Å². The molecule has 0 radical (unpaired) electrons. The lowest BCUT2D eigenvalue weighted by molar-refractivity contribution is 1.49. The quantitative estimate of drug-likeness (QED) is 0.335. The standard InChI is InChI=1S/C5H3BrN2/c1-8-5(4-7)2-3-6/h2H,3H2. The van der Waals surface area contributed by atoms with E-state index in [-0.39, 0.29) is 5.70 Å². The fraction of sp³-hybridized carbons (Fsp3) is 0.200. The van der Waals surface area contributed by atoms with Gasteiger partial charge >= 0.3 is 0 Å². The summed E-state index contributed by atoms with van der Waals surface area (Å²) in [5, 5.41) is 8.67. The molecule has 0 aromatic carbocycles. The Bertz CT molecular complexity index is 154.